The van der Waals surface area contributed by atoms with Gasteiger partial charge >= 0.3 is 5.69 Å². The fourth-order valence-corrected chi connectivity index (χ4v) is 3.57. The molecule has 2 N–H and O–H groups in total. The maximum atomic E-state index is 11.5. The van der Waals surface area contributed by atoms with Gasteiger partial charge in [-0.05, 0) is 42.2 Å². The van der Waals surface area contributed by atoms with Crippen LogP contribution in [0, 0.1) is 10.1 Å². The molecule has 1 aromatic carbocycles. The molecule has 0 radical (unpaired) electrons. The number of nitrogens with zero attached hydrogens (tertiary/aromatic N) is 4. The number of methoxy groups -OCH3 is 1. The summed E-state index contributed by atoms with van der Waals surface area (Å²) in [6, 6.07) is 8.60. The molecule has 0 saturated carbocycles. The fraction of sp³-hybridized carbons (Fsp3) is 0.250. The van der Waals surface area contributed by atoms with E-state index in [4.69, 9.17) is 4.74 Å². The van der Waals surface area contributed by atoms with E-state index in [1.807, 2.05) is 18.2 Å². The van der Waals surface area contributed by atoms with E-state index in [-0.39, 0.29) is 23.5 Å². The van der Waals surface area contributed by atoms with Gasteiger partial charge in [0.25, 0.3) is 0 Å². The first-order valence-electron chi connectivity index (χ1n) is 9.36. The molecule has 10 nitrogen and oxygen atoms in total. The largest absolute Gasteiger partial charge is 0.493 e. The lowest BCUT2D eigenvalue weighted by Crippen LogP contribution is -2.24. The van der Waals surface area contributed by atoms with Crippen molar-refractivity contribution in [3.63, 3.8) is 0 Å². The smallest absolute Gasteiger partial charge is 0.311 e. The Balaban J connectivity index is 1.64. The van der Waals surface area contributed by atoms with Gasteiger partial charge in [-0.1, -0.05) is 6.07 Å². The molecular weight excluding hydrogens is 388 g/mol. The number of anilines is 2. The predicted molar refractivity (Wildman–Crippen MR) is 109 cm³/mol. The molecule has 1 atom stereocenters. The number of amides is 1. The summed E-state index contributed by atoms with van der Waals surface area (Å²) in [6.07, 6.45) is 4.81. The van der Waals surface area contributed by atoms with Gasteiger partial charge in [-0.25, -0.2) is 9.67 Å². The van der Waals surface area contributed by atoms with E-state index >= 15 is 0 Å². The van der Waals surface area contributed by atoms with Gasteiger partial charge in [0.1, 0.15) is 0 Å². The molecule has 30 heavy (non-hydrogen) atoms. The van der Waals surface area contributed by atoms with E-state index in [1.165, 1.54) is 37.0 Å². The van der Waals surface area contributed by atoms with Crippen LogP contribution in [0.5, 0.6) is 5.75 Å². The highest BCUT2D eigenvalue weighted by molar-refractivity contribution is 5.74. The second-order valence-electron chi connectivity index (χ2n) is 6.95. The van der Waals surface area contributed by atoms with Gasteiger partial charge in [0.2, 0.25) is 11.7 Å². The predicted octanol–water partition coefficient (Wildman–Crippen LogP) is 3.05. The van der Waals surface area contributed by atoms with Gasteiger partial charge in [-0.2, -0.15) is 5.10 Å². The molecule has 0 bridgehead atoms. The summed E-state index contributed by atoms with van der Waals surface area (Å²) in [6.45, 7) is 1.50. The minimum Gasteiger partial charge on any atom is -0.493 e. The van der Waals surface area contributed by atoms with Crippen molar-refractivity contribution in [2.45, 2.75) is 25.8 Å². The summed E-state index contributed by atoms with van der Waals surface area (Å²) in [5.74, 6) is 1.01. The minimum absolute atomic E-state index is 0.00265. The van der Waals surface area contributed by atoms with Gasteiger partial charge < -0.3 is 15.4 Å². The number of nitro groups is 1. The van der Waals surface area contributed by atoms with Gasteiger partial charge in [-0.15, -0.1) is 0 Å². The number of nitrogens with one attached hydrogen (secondary N) is 2. The zero-order valence-electron chi connectivity index (χ0n) is 16.5. The average molecular weight is 408 g/mol. The van der Waals surface area contributed by atoms with Crippen molar-refractivity contribution in [3.8, 4) is 11.6 Å². The van der Waals surface area contributed by atoms with Crippen molar-refractivity contribution in [3.05, 3.63) is 64.0 Å². The molecule has 1 aliphatic carbocycles. The Morgan fingerprint density at radius 3 is 2.87 bits per heavy atom. The number of carbonyl (C=O) groups excluding carboxylic acids is 1. The number of benzene rings is 1. The molecule has 0 fully saturated rings. The molecule has 0 spiro atoms. The summed E-state index contributed by atoms with van der Waals surface area (Å²) in [5, 5.41) is 21.6. The standard InChI is InChI=1S/C20H20N6O4/c1-12(27)22-17-6-3-13-9-14(4-5-16(13)17)23-20-18(26(28)29)7-8-19(24-20)25-11-15(30-2)10-21-25/h4-5,7-11,17H,3,6H2,1-2H3,(H,22,27)(H,23,24)/t17-/m0/s1. The SMILES string of the molecule is COc1cnn(-c2ccc([N+](=O)[O-])c(Nc3ccc4c(c3)CC[C@@H]4NC(C)=O)n2)c1. The Morgan fingerprint density at radius 2 is 2.17 bits per heavy atom. The second-order valence-corrected chi connectivity index (χ2v) is 6.95. The molecule has 4 rings (SSSR count). The van der Waals surface area contributed by atoms with Crippen molar-refractivity contribution in [2.24, 2.45) is 0 Å². The number of hydrogen-bond acceptors (Lipinski definition) is 7. The monoisotopic (exact) mass is 408 g/mol. The topological polar surface area (TPSA) is 124 Å². The zero-order valence-corrected chi connectivity index (χ0v) is 16.5. The molecule has 0 saturated heterocycles. The van der Waals surface area contributed by atoms with Crippen LogP contribution < -0.4 is 15.4 Å². The van der Waals surface area contributed by atoms with Crippen LogP contribution in [0.3, 0.4) is 0 Å². The number of ether oxygens (including phenoxy) is 1. The average Bonchev–Trinajstić information content (AvgIpc) is 3.34. The van der Waals surface area contributed by atoms with Crippen molar-refractivity contribution >= 4 is 23.1 Å². The molecule has 0 unspecified atom stereocenters. The third kappa shape index (κ3) is 3.79. The van der Waals surface area contributed by atoms with Crippen LogP contribution in [0.15, 0.2) is 42.7 Å². The maximum Gasteiger partial charge on any atom is 0.311 e. The van der Waals surface area contributed by atoms with E-state index in [1.54, 1.807) is 6.20 Å². The lowest BCUT2D eigenvalue weighted by Gasteiger charge is -2.13. The van der Waals surface area contributed by atoms with Crippen molar-refractivity contribution in [2.75, 3.05) is 12.4 Å². The van der Waals surface area contributed by atoms with Gasteiger partial charge in [0, 0.05) is 18.7 Å². The minimum atomic E-state index is -0.483. The summed E-state index contributed by atoms with van der Waals surface area (Å²) in [5.41, 5.74) is 2.70. The van der Waals surface area contributed by atoms with Crippen molar-refractivity contribution < 1.29 is 14.5 Å². The Kier molecular flexibility index (Phi) is 5.05. The normalized spacial score (nSPS) is 14.8. The van der Waals surface area contributed by atoms with Crippen LogP contribution in [0.4, 0.5) is 17.2 Å². The molecule has 3 aromatic rings. The van der Waals surface area contributed by atoms with Crippen LogP contribution >= 0.6 is 0 Å². The van der Waals surface area contributed by atoms with E-state index in [2.05, 4.69) is 20.7 Å². The lowest BCUT2D eigenvalue weighted by atomic mass is 10.1. The molecule has 0 aliphatic heterocycles. The van der Waals surface area contributed by atoms with Crippen LogP contribution in [0.2, 0.25) is 0 Å². The molecule has 1 aliphatic rings. The second kappa shape index (κ2) is 7.82. The van der Waals surface area contributed by atoms with Gasteiger partial charge in [0.15, 0.2) is 11.6 Å². The number of rotatable bonds is 6. The van der Waals surface area contributed by atoms with Crippen LogP contribution in [-0.4, -0.2) is 32.7 Å². The quantitative estimate of drug-likeness (QED) is 0.474. The Labute approximate surface area is 172 Å². The van der Waals surface area contributed by atoms with Crippen LogP contribution in [0.25, 0.3) is 5.82 Å². The summed E-state index contributed by atoms with van der Waals surface area (Å²) in [7, 11) is 1.53. The first-order valence-corrected chi connectivity index (χ1v) is 9.36. The molecular formula is C20H20N6O4. The van der Waals surface area contributed by atoms with Gasteiger partial charge in [0.05, 0.1) is 30.5 Å². The lowest BCUT2D eigenvalue weighted by molar-refractivity contribution is -0.384. The van der Waals surface area contributed by atoms with E-state index in [0.717, 1.165) is 24.0 Å². The number of hydrogen-bond donors (Lipinski definition) is 2. The molecule has 2 heterocycles. The third-order valence-corrected chi connectivity index (χ3v) is 4.95. The summed E-state index contributed by atoms with van der Waals surface area (Å²) in [4.78, 5) is 26.8. The molecule has 2 aromatic heterocycles. The number of pyridine rings is 1. The first-order chi connectivity index (χ1) is 14.4. The number of fused-ring (bicyclic) bond motifs is 1. The number of carbonyl (C=O) groups is 1. The van der Waals surface area contributed by atoms with E-state index < -0.39 is 4.92 Å². The fourth-order valence-electron chi connectivity index (χ4n) is 3.57. The zero-order chi connectivity index (χ0) is 21.3. The van der Waals surface area contributed by atoms with E-state index in [0.29, 0.717) is 17.3 Å². The molecule has 10 heteroatoms. The Morgan fingerprint density at radius 1 is 1.33 bits per heavy atom. The number of aryl methyl sites for hydroxylation is 1. The summed E-state index contributed by atoms with van der Waals surface area (Å²) < 4.78 is 6.60. The molecule has 1 amide bonds. The maximum absolute atomic E-state index is 11.5. The van der Waals surface area contributed by atoms with E-state index in [9.17, 15) is 14.9 Å². The Hall–Kier alpha value is -3.95. The van der Waals surface area contributed by atoms with Gasteiger partial charge in [-0.3, -0.25) is 14.9 Å². The summed E-state index contributed by atoms with van der Waals surface area (Å²) >= 11 is 0. The molecule has 154 valence electrons. The van der Waals surface area contributed by atoms with Crippen molar-refractivity contribution in [1.82, 2.24) is 20.1 Å². The van der Waals surface area contributed by atoms with Crippen molar-refractivity contribution in [1.29, 1.82) is 0 Å². The van der Waals surface area contributed by atoms with Crippen LogP contribution in [-0.2, 0) is 11.2 Å². The number of aromatic nitrogens is 3. The van der Waals surface area contributed by atoms with Crippen LogP contribution in [0.1, 0.15) is 30.5 Å². The third-order valence-electron chi connectivity index (χ3n) is 4.95. The highest BCUT2D eigenvalue weighted by Gasteiger charge is 2.24. The first kappa shape index (κ1) is 19.4. The highest BCUT2D eigenvalue weighted by Crippen LogP contribution is 2.34. The Bertz CT molecular complexity index is 1130. The highest BCUT2D eigenvalue weighted by atomic mass is 16.6.